The summed E-state index contributed by atoms with van der Waals surface area (Å²) >= 11 is 0.530. The van der Waals surface area contributed by atoms with E-state index in [1.807, 2.05) is 0 Å². The lowest BCUT2D eigenvalue weighted by atomic mass is 10.1. The van der Waals surface area contributed by atoms with Gasteiger partial charge in [0.25, 0.3) is 5.12 Å². The number of halogens is 2. The lowest BCUT2D eigenvalue weighted by molar-refractivity contribution is -0.120. The number of rotatable bonds is 2. The van der Waals surface area contributed by atoms with Gasteiger partial charge in [-0.1, -0.05) is 11.8 Å². The van der Waals surface area contributed by atoms with Crippen molar-refractivity contribution in [3.8, 4) is 0 Å². The van der Waals surface area contributed by atoms with E-state index in [0.29, 0.717) is 18.2 Å². The number of carbonyl (C=O) groups excluding carboxylic acids is 1. The van der Waals surface area contributed by atoms with E-state index in [4.69, 9.17) is 0 Å². The molecule has 1 aliphatic carbocycles. The molecule has 0 fully saturated rings. The fourth-order valence-corrected chi connectivity index (χ4v) is 2.03. The van der Waals surface area contributed by atoms with Crippen molar-refractivity contribution in [2.45, 2.75) is 30.9 Å². The van der Waals surface area contributed by atoms with Crippen molar-refractivity contribution in [3.63, 3.8) is 0 Å². The van der Waals surface area contributed by atoms with Crippen molar-refractivity contribution in [2.24, 2.45) is 0 Å². The smallest absolute Gasteiger partial charge is 0.306 e. The van der Waals surface area contributed by atoms with E-state index in [2.05, 4.69) is 0 Å². The Morgan fingerprint density at radius 3 is 2.92 bits per heavy atom. The van der Waals surface area contributed by atoms with Gasteiger partial charge < -0.3 is 5.11 Å². The lowest BCUT2D eigenvalue weighted by Crippen LogP contribution is -2.16. The minimum absolute atomic E-state index is 0.0604. The van der Waals surface area contributed by atoms with E-state index < -0.39 is 16.8 Å². The van der Waals surface area contributed by atoms with Crippen molar-refractivity contribution in [2.75, 3.05) is 0 Å². The molecule has 0 aromatic carbocycles. The van der Waals surface area contributed by atoms with Crippen LogP contribution in [0.15, 0.2) is 11.8 Å². The number of aliphatic hydroxyl groups is 1. The van der Waals surface area contributed by atoms with Crippen LogP contribution in [-0.4, -0.2) is 21.9 Å². The summed E-state index contributed by atoms with van der Waals surface area (Å²) in [6.45, 7) is 0. The number of aliphatic hydroxyl groups excluding tert-OH is 1. The molecule has 2 nitrogen and oxygen atoms in total. The molecule has 0 aliphatic heterocycles. The van der Waals surface area contributed by atoms with Crippen LogP contribution < -0.4 is 0 Å². The molecule has 0 amide bonds. The van der Waals surface area contributed by atoms with Crippen molar-refractivity contribution in [1.82, 2.24) is 0 Å². The van der Waals surface area contributed by atoms with Crippen molar-refractivity contribution in [1.29, 1.82) is 0 Å². The van der Waals surface area contributed by atoms with E-state index in [1.54, 1.807) is 6.08 Å². The third kappa shape index (κ3) is 2.99. The summed E-state index contributed by atoms with van der Waals surface area (Å²) in [5, 5.41) is 7.62. The molecule has 0 saturated heterocycles. The largest absolute Gasteiger partial charge is 0.511 e. The Morgan fingerprint density at radius 2 is 2.38 bits per heavy atom. The summed E-state index contributed by atoms with van der Waals surface area (Å²) < 4.78 is 23.7. The SMILES string of the molecule is O=C(S[C@H]1CCCC=C1O)C(F)F. The van der Waals surface area contributed by atoms with Gasteiger partial charge >= 0.3 is 6.43 Å². The molecule has 1 rings (SSSR count). The van der Waals surface area contributed by atoms with Crippen molar-refractivity contribution >= 4 is 16.9 Å². The topological polar surface area (TPSA) is 37.3 Å². The second-order valence-electron chi connectivity index (χ2n) is 2.79. The highest BCUT2D eigenvalue weighted by atomic mass is 32.2. The van der Waals surface area contributed by atoms with E-state index in [9.17, 15) is 18.7 Å². The van der Waals surface area contributed by atoms with E-state index in [-0.39, 0.29) is 5.76 Å². The third-order valence-corrected chi connectivity index (χ3v) is 2.96. The first kappa shape index (κ1) is 10.5. The number of hydrogen-bond acceptors (Lipinski definition) is 3. The fourth-order valence-electron chi connectivity index (χ4n) is 1.14. The van der Waals surface area contributed by atoms with Gasteiger partial charge in [-0.25, -0.2) is 8.78 Å². The van der Waals surface area contributed by atoms with Gasteiger partial charge in [-0.05, 0) is 25.3 Å². The fraction of sp³-hybridized carbons (Fsp3) is 0.625. The molecule has 0 heterocycles. The number of alkyl halides is 2. The second-order valence-corrected chi connectivity index (χ2v) is 3.99. The predicted octanol–water partition coefficient (Wildman–Crippen LogP) is 2.51. The van der Waals surface area contributed by atoms with Crippen LogP contribution in [0.25, 0.3) is 0 Å². The Bertz CT molecular complexity index is 228. The summed E-state index contributed by atoms with van der Waals surface area (Å²) in [5.41, 5.74) is 0. The van der Waals surface area contributed by atoms with Crippen LogP contribution in [-0.2, 0) is 4.79 Å². The zero-order valence-corrected chi connectivity index (χ0v) is 7.69. The number of thioether (sulfide) groups is 1. The first-order valence-electron chi connectivity index (χ1n) is 3.99. The Morgan fingerprint density at radius 1 is 1.69 bits per heavy atom. The first-order valence-corrected chi connectivity index (χ1v) is 4.87. The zero-order valence-electron chi connectivity index (χ0n) is 6.87. The van der Waals surface area contributed by atoms with Gasteiger partial charge in [0.2, 0.25) is 0 Å². The summed E-state index contributed by atoms with van der Waals surface area (Å²) in [6.07, 6.45) is 0.815. The van der Waals surface area contributed by atoms with Gasteiger partial charge in [0, 0.05) is 0 Å². The molecule has 0 aromatic heterocycles. The summed E-state index contributed by atoms with van der Waals surface area (Å²) in [5.74, 6) is 0.0604. The number of carbonyl (C=O) groups is 1. The monoisotopic (exact) mass is 208 g/mol. The minimum atomic E-state index is -2.94. The van der Waals surface area contributed by atoms with Crippen LogP contribution in [0, 0.1) is 0 Å². The average Bonchev–Trinajstić information content (AvgIpc) is 2.08. The maximum absolute atomic E-state index is 11.8. The molecule has 5 heteroatoms. The molecular formula is C8H10F2O2S. The van der Waals surface area contributed by atoms with Crippen molar-refractivity contribution in [3.05, 3.63) is 11.8 Å². The highest BCUT2D eigenvalue weighted by molar-refractivity contribution is 8.14. The Labute approximate surface area is 79.0 Å². The van der Waals surface area contributed by atoms with E-state index >= 15 is 0 Å². The molecule has 0 radical (unpaired) electrons. The quantitative estimate of drug-likeness (QED) is 0.757. The van der Waals surface area contributed by atoms with E-state index in [1.165, 1.54) is 0 Å². The number of hydrogen-bond donors (Lipinski definition) is 1. The van der Waals surface area contributed by atoms with Crippen LogP contribution in [0.3, 0.4) is 0 Å². The first-order chi connectivity index (χ1) is 6.11. The molecule has 0 spiro atoms. The Balaban J connectivity index is 2.48. The van der Waals surface area contributed by atoms with Crippen LogP contribution in [0.5, 0.6) is 0 Å². The molecule has 13 heavy (non-hydrogen) atoms. The van der Waals surface area contributed by atoms with Crippen LogP contribution in [0.4, 0.5) is 8.78 Å². The minimum Gasteiger partial charge on any atom is -0.511 e. The van der Waals surface area contributed by atoms with Gasteiger partial charge in [-0.3, -0.25) is 4.79 Å². The normalized spacial score (nSPS) is 23.0. The summed E-state index contributed by atoms with van der Waals surface area (Å²) in [4.78, 5) is 10.6. The van der Waals surface area contributed by atoms with Gasteiger partial charge in [-0.15, -0.1) is 0 Å². The average molecular weight is 208 g/mol. The molecule has 1 aliphatic rings. The van der Waals surface area contributed by atoms with Gasteiger partial charge in [0.05, 0.1) is 5.25 Å². The highest BCUT2D eigenvalue weighted by Gasteiger charge is 2.25. The summed E-state index contributed by atoms with van der Waals surface area (Å²) in [6, 6.07) is 0. The molecule has 1 N–H and O–H groups in total. The molecular weight excluding hydrogens is 198 g/mol. The summed E-state index contributed by atoms with van der Waals surface area (Å²) in [7, 11) is 0. The van der Waals surface area contributed by atoms with Gasteiger partial charge in [0.15, 0.2) is 0 Å². The number of allylic oxidation sites excluding steroid dienone is 1. The predicted molar refractivity (Wildman–Crippen MR) is 47.0 cm³/mol. The van der Waals surface area contributed by atoms with Crippen LogP contribution in [0.1, 0.15) is 19.3 Å². The maximum Gasteiger partial charge on any atom is 0.306 e. The zero-order chi connectivity index (χ0) is 9.84. The maximum atomic E-state index is 11.8. The molecule has 1 atom stereocenters. The molecule has 0 saturated carbocycles. The van der Waals surface area contributed by atoms with Gasteiger partial charge in [0.1, 0.15) is 5.76 Å². The van der Waals surface area contributed by atoms with Crippen LogP contribution >= 0.6 is 11.8 Å². The molecule has 74 valence electrons. The second kappa shape index (κ2) is 4.60. The van der Waals surface area contributed by atoms with Gasteiger partial charge in [-0.2, -0.15) is 0 Å². The van der Waals surface area contributed by atoms with Crippen molar-refractivity contribution < 1.29 is 18.7 Å². The van der Waals surface area contributed by atoms with Crippen LogP contribution in [0.2, 0.25) is 0 Å². The Hall–Kier alpha value is -0.580. The lowest BCUT2D eigenvalue weighted by Gasteiger charge is -2.18. The van der Waals surface area contributed by atoms with E-state index in [0.717, 1.165) is 12.8 Å². The standard InChI is InChI=1S/C8H10F2O2S/c9-7(10)8(12)13-6-4-2-1-3-5(6)11/h3,6-7,11H,1-2,4H2/t6-/m0/s1. The molecule has 0 bridgehead atoms. The molecule has 0 unspecified atom stereocenters. The Kier molecular flexibility index (Phi) is 3.71. The molecule has 0 aromatic rings. The third-order valence-electron chi connectivity index (χ3n) is 1.79. The highest BCUT2D eigenvalue weighted by Crippen LogP contribution is 2.29.